The Morgan fingerprint density at radius 1 is 1.11 bits per heavy atom. The summed E-state index contributed by atoms with van der Waals surface area (Å²) < 4.78 is 1.67. The fraction of sp³-hybridized carbons (Fsp3) is 0.350. The van der Waals surface area contributed by atoms with Crippen LogP contribution in [0.4, 0.5) is 5.13 Å². The van der Waals surface area contributed by atoms with Crippen LogP contribution >= 0.6 is 11.3 Å². The average molecular weight is 398 g/mol. The molecule has 3 aromatic rings. The molecule has 1 aromatic carbocycles. The van der Waals surface area contributed by atoms with Gasteiger partial charge in [-0.2, -0.15) is 5.10 Å². The average Bonchev–Trinajstić information content (AvgIpc) is 3.27. The summed E-state index contributed by atoms with van der Waals surface area (Å²) in [5, 5.41) is 16.4. The van der Waals surface area contributed by atoms with E-state index in [-0.39, 0.29) is 0 Å². The molecule has 8 heteroatoms. The number of benzene rings is 1. The first kappa shape index (κ1) is 19.9. The van der Waals surface area contributed by atoms with E-state index in [9.17, 15) is 9.59 Å². The minimum Gasteiger partial charge on any atom is -0.294 e. The van der Waals surface area contributed by atoms with Crippen molar-refractivity contribution >= 4 is 28.2 Å². The summed E-state index contributed by atoms with van der Waals surface area (Å²) in [6.45, 7) is 7.69. The Morgan fingerprint density at radius 2 is 1.79 bits per heavy atom. The van der Waals surface area contributed by atoms with Gasteiger partial charge in [0.2, 0.25) is 5.13 Å². The Hall–Kier alpha value is -2.87. The molecule has 2 heterocycles. The van der Waals surface area contributed by atoms with Crippen LogP contribution in [0.5, 0.6) is 0 Å². The SMILES string of the molecule is CCC(CC)c1nnc(NC(=O)C(=O)c2c(C)nn(-c3ccccc3)c2C)s1. The molecule has 0 unspecified atom stereocenters. The summed E-state index contributed by atoms with van der Waals surface area (Å²) in [6, 6.07) is 9.50. The van der Waals surface area contributed by atoms with Crippen molar-refractivity contribution in [3.8, 4) is 5.69 Å². The van der Waals surface area contributed by atoms with Crippen molar-refractivity contribution in [2.45, 2.75) is 46.5 Å². The molecule has 0 bridgehead atoms. The summed E-state index contributed by atoms with van der Waals surface area (Å²) in [5.74, 6) is -1.05. The second kappa shape index (κ2) is 8.43. The van der Waals surface area contributed by atoms with E-state index in [0.29, 0.717) is 28.0 Å². The predicted molar refractivity (Wildman–Crippen MR) is 109 cm³/mol. The molecular weight excluding hydrogens is 374 g/mol. The topological polar surface area (TPSA) is 89.8 Å². The molecule has 0 aliphatic heterocycles. The van der Waals surface area contributed by atoms with Gasteiger partial charge in [0.1, 0.15) is 5.01 Å². The zero-order valence-corrected chi connectivity index (χ0v) is 17.2. The molecule has 0 fully saturated rings. The van der Waals surface area contributed by atoms with Crippen LogP contribution in [-0.2, 0) is 4.79 Å². The Balaban J connectivity index is 1.81. The Labute approximate surface area is 167 Å². The fourth-order valence-corrected chi connectivity index (χ4v) is 4.15. The summed E-state index contributed by atoms with van der Waals surface area (Å²) in [6.07, 6.45) is 1.91. The third-order valence-electron chi connectivity index (χ3n) is 4.72. The fourth-order valence-electron chi connectivity index (χ4n) is 3.15. The van der Waals surface area contributed by atoms with Crippen molar-refractivity contribution in [3.05, 3.63) is 52.3 Å². The van der Waals surface area contributed by atoms with Crippen molar-refractivity contribution < 1.29 is 9.59 Å². The highest BCUT2D eigenvalue weighted by Gasteiger charge is 2.26. The van der Waals surface area contributed by atoms with Gasteiger partial charge in [-0.25, -0.2) is 4.68 Å². The number of carbonyl (C=O) groups is 2. The summed E-state index contributed by atoms with van der Waals surface area (Å²) in [5.41, 5.74) is 2.28. The number of hydrogen-bond donors (Lipinski definition) is 1. The number of aryl methyl sites for hydroxylation is 1. The van der Waals surface area contributed by atoms with E-state index in [2.05, 4.69) is 34.5 Å². The molecule has 3 rings (SSSR count). The highest BCUT2D eigenvalue weighted by Crippen LogP contribution is 2.28. The molecule has 7 nitrogen and oxygen atoms in total. The smallest absolute Gasteiger partial charge is 0.294 e. The van der Waals surface area contributed by atoms with Crippen LogP contribution < -0.4 is 5.32 Å². The number of nitrogens with zero attached hydrogens (tertiary/aromatic N) is 4. The quantitative estimate of drug-likeness (QED) is 0.479. The van der Waals surface area contributed by atoms with Gasteiger partial charge in [0, 0.05) is 5.92 Å². The lowest BCUT2D eigenvalue weighted by Gasteiger charge is -2.06. The van der Waals surface area contributed by atoms with Crippen LogP contribution in [0, 0.1) is 13.8 Å². The molecule has 1 N–H and O–H groups in total. The van der Waals surface area contributed by atoms with Gasteiger partial charge in [-0.15, -0.1) is 10.2 Å². The van der Waals surface area contributed by atoms with Gasteiger partial charge in [0.25, 0.3) is 11.7 Å². The van der Waals surface area contributed by atoms with Gasteiger partial charge < -0.3 is 0 Å². The van der Waals surface area contributed by atoms with Crippen LogP contribution in [0.25, 0.3) is 5.69 Å². The van der Waals surface area contributed by atoms with Crippen LogP contribution in [-0.4, -0.2) is 31.7 Å². The van der Waals surface area contributed by atoms with Crippen molar-refractivity contribution in [2.24, 2.45) is 0 Å². The van der Waals surface area contributed by atoms with Crippen molar-refractivity contribution in [1.82, 2.24) is 20.0 Å². The number of aromatic nitrogens is 4. The van der Waals surface area contributed by atoms with Crippen LogP contribution in [0.15, 0.2) is 30.3 Å². The number of rotatable bonds is 7. The summed E-state index contributed by atoms with van der Waals surface area (Å²) in [4.78, 5) is 25.3. The Morgan fingerprint density at radius 3 is 2.43 bits per heavy atom. The van der Waals surface area contributed by atoms with Crippen molar-refractivity contribution in [3.63, 3.8) is 0 Å². The molecule has 0 radical (unpaired) electrons. The Kier molecular flexibility index (Phi) is 5.99. The molecule has 0 saturated carbocycles. The lowest BCUT2D eigenvalue weighted by Crippen LogP contribution is -2.24. The normalized spacial score (nSPS) is 11.0. The number of hydrogen-bond acceptors (Lipinski definition) is 6. The minimum atomic E-state index is -0.731. The maximum absolute atomic E-state index is 12.8. The first-order valence-electron chi connectivity index (χ1n) is 9.26. The third-order valence-corrected chi connectivity index (χ3v) is 5.72. The molecule has 0 aliphatic rings. The molecule has 0 saturated heterocycles. The maximum Gasteiger partial charge on any atom is 0.298 e. The number of carbonyl (C=O) groups excluding carboxylic acids is 2. The standard InChI is InChI=1S/C20H23N5O2S/c1-5-14(6-2)19-22-23-20(28-19)21-18(27)17(26)16-12(3)24-25(13(16)4)15-10-8-7-9-11-15/h7-11,14H,5-6H2,1-4H3,(H,21,23,27). The van der Waals surface area contributed by atoms with E-state index in [0.717, 1.165) is 23.5 Å². The van der Waals surface area contributed by atoms with E-state index < -0.39 is 11.7 Å². The highest BCUT2D eigenvalue weighted by atomic mass is 32.1. The Bertz CT molecular complexity index is 989. The maximum atomic E-state index is 12.8. The van der Waals surface area contributed by atoms with E-state index in [1.54, 1.807) is 18.5 Å². The minimum absolute atomic E-state index is 0.311. The number of Topliss-reactive ketones (excluding diaryl/α,β-unsaturated/α-hetero) is 1. The van der Waals surface area contributed by atoms with Gasteiger partial charge >= 0.3 is 0 Å². The molecule has 28 heavy (non-hydrogen) atoms. The molecule has 1 amide bonds. The van der Waals surface area contributed by atoms with Crippen molar-refractivity contribution in [2.75, 3.05) is 5.32 Å². The second-order valence-corrected chi connectivity index (χ2v) is 7.54. The van der Waals surface area contributed by atoms with E-state index in [1.165, 1.54) is 11.3 Å². The molecular formula is C20H23N5O2S. The highest BCUT2D eigenvalue weighted by molar-refractivity contribution is 7.15. The van der Waals surface area contributed by atoms with E-state index in [1.807, 2.05) is 30.3 Å². The molecule has 0 aliphatic carbocycles. The van der Waals surface area contributed by atoms with Gasteiger partial charge in [0.05, 0.1) is 22.6 Å². The van der Waals surface area contributed by atoms with Gasteiger partial charge in [-0.05, 0) is 38.8 Å². The van der Waals surface area contributed by atoms with E-state index >= 15 is 0 Å². The molecule has 0 atom stereocenters. The lowest BCUT2D eigenvalue weighted by atomic mass is 10.1. The van der Waals surface area contributed by atoms with Crippen LogP contribution in [0.3, 0.4) is 0 Å². The molecule has 146 valence electrons. The third kappa shape index (κ3) is 3.87. The number of ketones is 1. The van der Waals surface area contributed by atoms with Gasteiger partial charge in [-0.3, -0.25) is 14.9 Å². The first-order chi connectivity index (χ1) is 13.5. The number of anilines is 1. The summed E-state index contributed by atoms with van der Waals surface area (Å²) in [7, 11) is 0. The van der Waals surface area contributed by atoms with Gasteiger partial charge in [-0.1, -0.05) is 43.4 Å². The van der Waals surface area contributed by atoms with Crippen LogP contribution in [0.1, 0.15) is 59.4 Å². The monoisotopic (exact) mass is 397 g/mol. The first-order valence-corrected chi connectivity index (χ1v) is 10.1. The largest absolute Gasteiger partial charge is 0.298 e. The summed E-state index contributed by atoms with van der Waals surface area (Å²) >= 11 is 1.31. The number of amides is 1. The lowest BCUT2D eigenvalue weighted by molar-refractivity contribution is -0.112. The predicted octanol–water partition coefficient (Wildman–Crippen LogP) is 4.07. The zero-order valence-electron chi connectivity index (χ0n) is 16.4. The van der Waals surface area contributed by atoms with Crippen molar-refractivity contribution in [1.29, 1.82) is 0 Å². The van der Waals surface area contributed by atoms with E-state index in [4.69, 9.17) is 0 Å². The second-order valence-electron chi connectivity index (χ2n) is 6.54. The molecule has 2 aromatic heterocycles. The zero-order chi connectivity index (χ0) is 20.3. The number of para-hydroxylation sites is 1. The van der Waals surface area contributed by atoms with Crippen LogP contribution in [0.2, 0.25) is 0 Å². The molecule has 0 spiro atoms. The van der Waals surface area contributed by atoms with Gasteiger partial charge in [0.15, 0.2) is 0 Å². The number of nitrogens with one attached hydrogen (secondary N) is 1.